The Morgan fingerprint density at radius 1 is 0.714 bits per heavy atom. The third-order valence-electron chi connectivity index (χ3n) is 5.65. The molecule has 0 spiro atoms. The van der Waals surface area contributed by atoms with E-state index >= 15 is 0 Å². The van der Waals surface area contributed by atoms with Gasteiger partial charge in [0, 0.05) is 0 Å². The van der Waals surface area contributed by atoms with E-state index in [1.807, 2.05) is 30.3 Å². The average Bonchev–Trinajstić information content (AvgIpc) is 2.71. The molecule has 160 valence electrons. The molecule has 1 rings (SSSR count). The standard InChI is InChI=1S/C25H44N2O/c1-2-3-4-5-6-7-8-9-10-11-12-13-17-20-23(26)25(28)24(27)21-22-18-15-14-16-19-22/h14-16,18-19,23-24H,2-13,17,20-21,26-27H2,1H3/t23?,24-/m0/s1. The Morgan fingerprint density at radius 3 is 1.68 bits per heavy atom. The van der Waals surface area contributed by atoms with Crippen LogP contribution >= 0.6 is 0 Å². The van der Waals surface area contributed by atoms with Crippen molar-refractivity contribution in [3.05, 3.63) is 35.9 Å². The van der Waals surface area contributed by atoms with E-state index in [0.29, 0.717) is 6.42 Å². The largest absolute Gasteiger partial charge is 0.321 e. The van der Waals surface area contributed by atoms with Crippen LogP contribution < -0.4 is 11.5 Å². The number of benzene rings is 1. The van der Waals surface area contributed by atoms with Crippen molar-refractivity contribution in [2.24, 2.45) is 11.5 Å². The molecule has 0 aliphatic rings. The molecule has 2 atom stereocenters. The number of nitrogens with two attached hydrogens (primary N) is 2. The minimum Gasteiger partial charge on any atom is -0.321 e. The van der Waals surface area contributed by atoms with Gasteiger partial charge in [0.2, 0.25) is 0 Å². The monoisotopic (exact) mass is 388 g/mol. The van der Waals surface area contributed by atoms with E-state index in [0.717, 1.165) is 18.4 Å². The fraction of sp³-hybridized carbons (Fsp3) is 0.720. The number of ketones is 1. The average molecular weight is 389 g/mol. The van der Waals surface area contributed by atoms with E-state index in [2.05, 4.69) is 6.92 Å². The minimum absolute atomic E-state index is 0.00258. The topological polar surface area (TPSA) is 69.1 Å². The van der Waals surface area contributed by atoms with Crippen molar-refractivity contribution in [3.63, 3.8) is 0 Å². The van der Waals surface area contributed by atoms with Crippen molar-refractivity contribution in [3.8, 4) is 0 Å². The number of rotatable bonds is 18. The highest BCUT2D eigenvalue weighted by atomic mass is 16.1. The lowest BCUT2D eigenvalue weighted by Gasteiger charge is -2.16. The van der Waals surface area contributed by atoms with Gasteiger partial charge in [-0.3, -0.25) is 4.79 Å². The zero-order valence-electron chi connectivity index (χ0n) is 18.2. The summed E-state index contributed by atoms with van der Waals surface area (Å²) in [5, 5.41) is 0. The Labute approximate surface area is 173 Å². The summed E-state index contributed by atoms with van der Waals surface area (Å²) in [7, 11) is 0. The van der Waals surface area contributed by atoms with Gasteiger partial charge in [0.25, 0.3) is 0 Å². The van der Waals surface area contributed by atoms with Gasteiger partial charge in [0.05, 0.1) is 12.1 Å². The van der Waals surface area contributed by atoms with Crippen molar-refractivity contribution in [2.45, 2.75) is 115 Å². The quantitative estimate of drug-likeness (QED) is 0.306. The van der Waals surface area contributed by atoms with Crippen LogP contribution in [0.2, 0.25) is 0 Å². The molecule has 0 radical (unpaired) electrons. The predicted molar refractivity (Wildman–Crippen MR) is 121 cm³/mol. The number of carbonyl (C=O) groups is 1. The molecule has 4 N–H and O–H groups in total. The Kier molecular flexibility index (Phi) is 14.9. The first-order chi connectivity index (χ1) is 13.6. The van der Waals surface area contributed by atoms with Crippen molar-refractivity contribution >= 4 is 5.78 Å². The van der Waals surface area contributed by atoms with Crippen LogP contribution in [0.5, 0.6) is 0 Å². The Hall–Kier alpha value is -1.19. The lowest BCUT2D eigenvalue weighted by atomic mass is 9.95. The van der Waals surface area contributed by atoms with Gasteiger partial charge in [0.1, 0.15) is 0 Å². The highest BCUT2D eigenvalue weighted by molar-refractivity contribution is 5.88. The summed E-state index contributed by atoms with van der Waals surface area (Å²) >= 11 is 0. The molecule has 1 aromatic rings. The van der Waals surface area contributed by atoms with Crippen LogP contribution in [0.1, 0.15) is 102 Å². The highest BCUT2D eigenvalue weighted by Gasteiger charge is 2.20. The summed E-state index contributed by atoms with van der Waals surface area (Å²) in [6, 6.07) is 9.03. The number of unbranched alkanes of at least 4 members (excludes halogenated alkanes) is 12. The third kappa shape index (κ3) is 12.3. The molecule has 0 heterocycles. The second-order valence-electron chi connectivity index (χ2n) is 8.34. The number of carbonyl (C=O) groups excluding carboxylic acids is 1. The molecule has 0 saturated carbocycles. The Bertz CT molecular complexity index is 489. The van der Waals surface area contributed by atoms with E-state index < -0.39 is 12.1 Å². The normalized spacial score (nSPS) is 13.4. The molecule has 0 amide bonds. The second kappa shape index (κ2) is 16.7. The molecule has 28 heavy (non-hydrogen) atoms. The predicted octanol–water partition coefficient (Wildman–Crippen LogP) is 5.93. The van der Waals surface area contributed by atoms with Gasteiger partial charge >= 0.3 is 0 Å². The summed E-state index contributed by atoms with van der Waals surface area (Å²) in [6.07, 6.45) is 18.6. The van der Waals surface area contributed by atoms with Crippen molar-refractivity contribution < 1.29 is 4.79 Å². The van der Waals surface area contributed by atoms with Gasteiger partial charge in [-0.1, -0.05) is 121 Å². The molecule has 0 bridgehead atoms. The molecule has 3 nitrogen and oxygen atoms in total. The van der Waals surface area contributed by atoms with Gasteiger partial charge in [-0.25, -0.2) is 0 Å². The Balaban J connectivity index is 1.95. The van der Waals surface area contributed by atoms with Gasteiger partial charge in [-0.05, 0) is 18.4 Å². The first-order valence-corrected chi connectivity index (χ1v) is 11.7. The number of hydrogen-bond donors (Lipinski definition) is 2. The summed E-state index contributed by atoms with van der Waals surface area (Å²) in [5.74, 6) is 0.00258. The maximum absolute atomic E-state index is 12.3. The van der Waals surface area contributed by atoms with Crippen LogP contribution in [0.3, 0.4) is 0 Å². The molecule has 1 aromatic carbocycles. The van der Waals surface area contributed by atoms with Crippen LogP contribution in [0.15, 0.2) is 30.3 Å². The molecule has 3 heteroatoms. The zero-order chi connectivity index (χ0) is 20.5. The zero-order valence-corrected chi connectivity index (χ0v) is 18.2. The van der Waals surface area contributed by atoms with Crippen LogP contribution in [-0.4, -0.2) is 17.9 Å². The van der Waals surface area contributed by atoms with Crippen LogP contribution in [0.25, 0.3) is 0 Å². The van der Waals surface area contributed by atoms with Gasteiger partial charge < -0.3 is 11.5 Å². The van der Waals surface area contributed by atoms with Crippen LogP contribution in [0, 0.1) is 0 Å². The molecule has 0 fully saturated rings. The maximum Gasteiger partial charge on any atom is 0.166 e. The summed E-state index contributed by atoms with van der Waals surface area (Å²) < 4.78 is 0. The summed E-state index contributed by atoms with van der Waals surface area (Å²) in [5.41, 5.74) is 13.2. The molecule has 0 aliphatic carbocycles. The smallest absolute Gasteiger partial charge is 0.166 e. The first-order valence-electron chi connectivity index (χ1n) is 11.7. The molecule has 0 aliphatic heterocycles. The van der Waals surface area contributed by atoms with E-state index in [1.165, 1.54) is 77.0 Å². The first kappa shape index (κ1) is 24.8. The van der Waals surface area contributed by atoms with E-state index in [-0.39, 0.29) is 5.78 Å². The second-order valence-corrected chi connectivity index (χ2v) is 8.34. The molecule has 1 unspecified atom stereocenters. The lowest BCUT2D eigenvalue weighted by molar-refractivity contribution is -0.121. The van der Waals surface area contributed by atoms with Crippen molar-refractivity contribution in [2.75, 3.05) is 0 Å². The van der Waals surface area contributed by atoms with E-state index in [1.54, 1.807) is 0 Å². The number of Topliss-reactive ketones (excluding diaryl/α,β-unsaturated/α-hetero) is 1. The minimum atomic E-state index is -0.487. The van der Waals surface area contributed by atoms with Gasteiger partial charge in [-0.15, -0.1) is 0 Å². The fourth-order valence-corrected chi connectivity index (χ4v) is 3.77. The van der Waals surface area contributed by atoms with E-state index in [4.69, 9.17) is 11.5 Å². The van der Waals surface area contributed by atoms with Crippen molar-refractivity contribution in [1.29, 1.82) is 0 Å². The molecule has 0 aromatic heterocycles. The molecular formula is C25H44N2O. The van der Waals surface area contributed by atoms with Gasteiger partial charge in [0.15, 0.2) is 5.78 Å². The summed E-state index contributed by atoms with van der Waals surface area (Å²) in [4.78, 5) is 12.3. The van der Waals surface area contributed by atoms with Crippen LogP contribution in [-0.2, 0) is 11.2 Å². The SMILES string of the molecule is CCCCCCCCCCCCCCCC(N)C(=O)[C@@H](N)Cc1ccccc1. The number of hydrogen-bond acceptors (Lipinski definition) is 3. The molecular weight excluding hydrogens is 344 g/mol. The third-order valence-corrected chi connectivity index (χ3v) is 5.65. The van der Waals surface area contributed by atoms with Crippen molar-refractivity contribution in [1.82, 2.24) is 0 Å². The lowest BCUT2D eigenvalue weighted by Crippen LogP contribution is -2.44. The Morgan fingerprint density at radius 2 is 1.18 bits per heavy atom. The fourth-order valence-electron chi connectivity index (χ4n) is 3.77. The summed E-state index contributed by atoms with van der Waals surface area (Å²) in [6.45, 7) is 2.27. The highest BCUT2D eigenvalue weighted by Crippen LogP contribution is 2.14. The molecule has 0 saturated heterocycles. The maximum atomic E-state index is 12.3. The van der Waals surface area contributed by atoms with Gasteiger partial charge in [-0.2, -0.15) is 0 Å². The van der Waals surface area contributed by atoms with Crippen LogP contribution in [0.4, 0.5) is 0 Å². The van der Waals surface area contributed by atoms with E-state index in [9.17, 15) is 4.79 Å².